The summed E-state index contributed by atoms with van der Waals surface area (Å²) < 4.78 is 13.2. The summed E-state index contributed by atoms with van der Waals surface area (Å²) in [4.78, 5) is 17.8. The predicted molar refractivity (Wildman–Crippen MR) is 139 cm³/mol. The highest BCUT2D eigenvalue weighted by Gasteiger charge is 2.32. The lowest BCUT2D eigenvalue weighted by molar-refractivity contribution is 0.116. The average molecular weight is 483 g/mol. The van der Waals surface area contributed by atoms with Crippen LogP contribution in [-0.4, -0.2) is 41.5 Å². The minimum Gasteiger partial charge on any atom is -0.316 e. The number of likely N-dealkylation sites (tertiary alicyclic amines) is 1. The molecule has 3 aromatic carbocycles. The van der Waals surface area contributed by atoms with Gasteiger partial charge in [0.2, 0.25) is 0 Å². The van der Waals surface area contributed by atoms with Crippen molar-refractivity contribution in [3.8, 4) is 6.07 Å². The molecular weight excluding hydrogens is 451 g/mol. The number of nitrogens with one attached hydrogen (secondary N) is 1. The zero-order chi connectivity index (χ0) is 24.9. The normalized spacial score (nSPS) is 18.3. The fourth-order valence-corrected chi connectivity index (χ4v) is 5.44. The Hall–Kier alpha value is -3.69. The first-order valence-corrected chi connectivity index (χ1v) is 12.7. The molecule has 0 saturated carbocycles. The number of amides is 2. The number of piperidine rings is 1. The van der Waals surface area contributed by atoms with Crippen molar-refractivity contribution >= 4 is 11.7 Å². The quantitative estimate of drug-likeness (QED) is 0.514. The number of hydrogen-bond acceptors (Lipinski definition) is 3. The number of carbonyl (C=O) groups is 1. The molecule has 36 heavy (non-hydrogen) atoms. The SMILES string of the molecule is N#Cc1ccc(NC(=O)N2Cc3ccccc3CC2CN2CCC(Cc3ccc(F)cc3)CC2)cc1. The summed E-state index contributed by atoms with van der Waals surface area (Å²) in [5, 5.41) is 12.1. The number of rotatable bonds is 5. The van der Waals surface area contributed by atoms with E-state index in [2.05, 4.69) is 34.5 Å². The molecule has 2 aliphatic rings. The average Bonchev–Trinajstić information content (AvgIpc) is 2.91. The molecule has 0 aromatic heterocycles. The smallest absolute Gasteiger partial charge is 0.316 e. The standard InChI is InChI=1S/C30H31FN4O/c31-27-9-5-22(6-10-27)17-23-13-15-34(16-14-23)21-29-18-25-3-1-2-4-26(25)20-35(29)30(36)33-28-11-7-24(19-32)8-12-28/h1-12,23,29H,13-18,20-21H2,(H,33,36). The van der Waals surface area contributed by atoms with Gasteiger partial charge in [0.05, 0.1) is 17.7 Å². The van der Waals surface area contributed by atoms with Crippen molar-refractivity contribution in [3.05, 3.63) is 101 Å². The van der Waals surface area contributed by atoms with Crippen LogP contribution < -0.4 is 5.32 Å². The molecule has 0 spiro atoms. The van der Waals surface area contributed by atoms with Crippen LogP contribution in [0.5, 0.6) is 0 Å². The fraction of sp³-hybridized carbons (Fsp3) is 0.333. The molecule has 6 heteroatoms. The van der Waals surface area contributed by atoms with E-state index in [1.165, 1.54) is 16.7 Å². The summed E-state index contributed by atoms with van der Waals surface area (Å²) in [6, 6.07) is 24.3. The number of benzene rings is 3. The highest BCUT2D eigenvalue weighted by atomic mass is 19.1. The molecule has 1 atom stereocenters. The summed E-state index contributed by atoms with van der Waals surface area (Å²) in [6.45, 7) is 3.45. The molecule has 2 heterocycles. The van der Waals surface area contributed by atoms with Crippen molar-refractivity contribution in [2.75, 3.05) is 25.0 Å². The van der Waals surface area contributed by atoms with Crippen molar-refractivity contribution in [1.82, 2.24) is 9.80 Å². The summed E-state index contributed by atoms with van der Waals surface area (Å²) in [6.07, 6.45) is 4.05. The van der Waals surface area contributed by atoms with Crippen LogP contribution in [0.4, 0.5) is 14.9 Å². The molecule has 5 rings (SSSR count). The third kappa shape index (κ3) is 5.75. The van der Waals surface area contributed by atoms with Crippen LogP contribution >= 0.6 is 0 Å². The van der Waals surface area contributed by atoms with Crippen LogP contribution in [0, 0.1) is 23.1 Å². The highest BCUT2D eigenvalue weighted by molar-refractivity contribution is 5.89. The van der Waals surface area contributed by atoms with Gasteiger partial charge in [0.1, 0.15) is 5.82 Å². The monoisotopic (exact) mass is 482 g/mol. The van der Waals surface area contributed by atoms with Crippen LogP contribution in [0.25, 0.3) is 0 Å². The van der Waals surface area contributed by atoms with Gasteiger partial charge in [0.25, 0.3) is 0 Å². The third-order valence-corrected chi connectivity index (χ3v) is 7.50. The molecular formula is C30H31FN4O. The number of carbonyl (C=O) groups excluding carboxylic acids is 1. The first kappa shape index (κ1) is 24.0. The van der Waals surface area contributed by atoms with Gasteiger partial charge in [-0.05, 0) is 97.8 Å². The Labute approximate surface area is 212 Å². The first-order valence-electron chi connectivity index (χ1n) is 12.7. The molecule has 1 N–H and O–H groups in total. The zero-order valence-electron chi connectivity index (χ0n) is 20.4. The van der Waals surface area contributed by atoms with Gasteiger partial charge in [-0.25, -0.2) is 9.18 Å². The molecule has 2 amide bonds. The molecule has 1 unspecified atom stereocenters. The largest absolute Gasteiger partial charge is 0.322 e. The molecule has 3 aromatic rings. The molecule has 0 bridgehead atoms. The van der Waals surface area contributed by atoms with Crippen molar-refractivity contribution in [1.29, 1.82) is 5.26 Å². The Bertz CT molecular complexity index is 1230. The van der Waals surface area contributed by atoms with Crippen molar-refractivity contribution in [3.63, 3.8) is 0 Å². The lowest BCUT2D eigenvalue weighted by Gasteiger charge is -2.41. The predicted octanol–water partition coefficient (Wildman–Crippen LogP) is 5.61. The van der Waals surface area contributed by atoms with Crippen LogP contribution in [0.3, 0.4) is 0 Å². The van der Waals surface area contributed by atoms with Gasteiger partial charge in [0.15, 0.2) is 0 Å². The Morgan fingerprint density at radius 1 is 0.972 bits per heavy atom. The Morgan fingerprint density at radius 2 is 1.67 bits per heavy atom. The van der Waals surface area contributed by atoms with Crippen LogP contribution in [0.1, 0.15) is 35.1 Å². The molecule has 0 aliphatic carbocycles. The first-order chi connectivity index (χ1) is 17.6. The number of anilines is 1. The minimum absolute atomic E-state index is 0.0898. The molecule has 5 nitrogen and oxygen atoms in total. The van der Waals surface area contributed by atoms with Crippen LogP contribution in [-0.2, 0) is 19.4 Å². The molecule has 2 aliphatic heterocycles. The van der Waals surface area contributed by atoms with Gasteiger partial charge < -0.3 is 15.1 Å². The maximum absolute atomic E-state index is 13.4. The van der Waals surface area contributed by atoms with E-state index >= 15 is 0 Å². The Morgan fingerprint density at radius 3 is 2.36 bits per heavy atom. The van der Waals surface area contributed by atoms with E-state index in [9.17, 15) is 9.18 Å². The zero-order valence-corrected chi connectivity index (χ0v) is 20.4. The molecule has 1 fully saturated rings. The molecule has 184 valence electrons. The number of fused-ring (bicyclic) bond motifs is 1. The van der Waals surface area contributed by atoms with Gasteiger partial charge >= 0.3 is 6.03 Å². The van der Waals surface area contributed by atoms with Gasteiger partial charge in [-0.1, -0.05) is 36.4 Å². The van der Waals surface area contributed by atoms with Crippen molar-refractivity contribution in [2.45, 2.75) is 38.3 Å². The highest BCUT2D eigenvalue weighted by Crippen LogP contribution is 2.27. The number of hydrogen-bond donors (Lipinski definition) is 1. The Balaban J connectivity index is 1.23. The minimum atomic E-state index is -0.185. The summed E-state index contributed by atoms with van der Waals surface area (Å²) in [5.74, 6) is 0.421. The maximum Gasteiger partial charge on any atom is 0.322 e. The topological polar surface area (TPSA) is 59.4 Å². The summed E-state index contributed by atoms with van der Waals surface area (Å²) >= 11 is 0. The van der Waals surface area contributed by atoms with E-state index in [4.69, 9.17) is 5.26 Å². The maximum atomic E-state index is 13.4. The molecule has 0 radical (unpaired) electrons. The van der Waals surface area contributed by atoms with Crippen LogP contribution in [0.15, 0.2) is 72.8 Å². The van der Waals surface area contributed by atoms with E-state index in [0.29, 0.717) is 23.7 Å². The Kier molecular flexibility index (Phi) is 7.29. The summed E-state index contributed by atoms with van der Waals surface area (Å²) in [5.41, 5.74) is 4.97. The summed E-state index contributed by atoms with van der Waals surface area (Å²) in [7, 11) is 0. The van der Waals surface area contributed by atoms with Gasteiger partial charge in [0, 0.05) is 18.8 Å². The number of urea groups is 1. The third-order valence-electron chi connectivity index (χ3n) is 7.50. The van der Waals surface area contributed by atoms with E-state index < -0.39 is 0 Å². The van der Waals surface area contributed by atoms with Gasteiger partial charge in [-0.15, -0.1) is 0 Å². The second kappa shape index (κ2) is 10.9. The molecule has 1 saturated heterocycles. The van der Waals surface area contributed by atoms with Gasteiger partial charge in [-0.2, -0.15) is 5.26 Å². The van der Waals surface area contributed by atoms with E-state index in [1.54, 1.807) is 36.4 Å². The second-order valence-electron chi connectivity index (χ2n) is 9.95. The lowest BCUT2D eigenvalue weighted by atomic mass is 9.89. The van der Waals surface area contributed by atoms with E-state index in [-0.39, 0.29) is 17.9 Å². The van der Waals surface area contributed by atoms with Crippen molar-refractivity contribution < 1.29 is 9.18 Å². The van der Waals surface area contributed by atoms with E-state index in [1.807, 2.05) is 23.1 Å². The van der Waals surface area contributed by atoms with Gasteiger partial charge in [-0.3, -0.25) is 0 Å². The number of halogens is 1. The lowest BCUT2D eigenvalue weighted by Crippen LogP contribution is -2.52. The second-order valence-corrected chi connectivity index (χ2v) is 9.95. The van der Waals surface area contributed by atoms with E-state index in [0.717, 1.165) is 45.3 Å². The number of nitrogens with zero attached hydrogens (tertiary/aromatic N) is 3. The van der Waals surface area contributed by atoms with Crippen LogP contribution in [0.2, 0.25) is 0 Å². The van der Waals surface area contributed by atoms with Crippen molar-refractivity contribution in [2.24, 2.45) is 5.92 Å². The fourth-order valence-electron chi connectivity index (χ4n) is 5.44. The number of nitriles is 1.